The lowest BCUT2D eigenvalue weighted by Gasteiger charge is -2.39. The van der Waals surface area contributed by atoms with Gasteiger partial charge in [0.1, 0.15) is 17.8 Å². The number of amides is 1. The number of alkyl halides is 1. The smallest absolute Gasteiger partial charge is 0.235 e. The molecule has 1 aromatic carbocycles. The van der Waals surface area contributed by atoms with Crippen molar-refractivity contribution in [2.45, 2.75) is 50.6 Å². The Balaban J connectivity index is 1.64. The van der Waals surface area contributed by atoms with E-state index < -0.39 is 28.6 Å². The number of rotatable bonds is 2. The Kier molecular flexibility index (Phi) is 3.86. The van der Waals surface area contributed by atoms with Crippen molar-refractivity contribution in [3.05, 3.63) is 47.2 Å². The Morgan fingerprint density at radius 2 is 1.90 bits per heavy atom. The van der Waals surface area contributed by atoms with Gasteiger partial charge in [-0.15, -0.1) is 5.10 Å². The van der Waals surface area contributed by atoms with Crippen LogP contribution >= 0.6 is 0 Å². The molecule has 1 aliphatic heterocycles. The molecule has 2 fully saturated rings. The summed E-state index contributed by atoms with van der Waals surface area (Å²) in [5.74, 6) is -1.45. The van der Waals surface area contributed by atoms with E-state index in [0.717, 1.165) is 12.0 Å². The van der Waals surface area contributed by atoms with Crippen LogP contribution in [0.4, 0.5) is 13.2 Å². The summed E-state index contributed by atoms with van der Waals surface area (Å²) < 4.78 is 42.3. The zero-order valence-electron chi connectivity index (χ0n) is 16.4. The topological polar surface area (TPSA) is 46.1 Å². The van der Waals surface area contributed by atoms with E-state index in [0.29, 0.717) is 25.1 Å². The summed E-state index contributed by atoms with van der Waals surface area (Å²) in [6, 6.07) is 5.37. The van der Waals surface area contributed by atoms with E-state index in [4.69, 9.17) is 0 Å². The summed E-state index contributed by atoms with van der Waals surface area (Å²) in [7, 11) is 0. The molecule has 0 N–H and O–H groups in total. The van der Waals surface area contributed by atoms with E-state index in [1.54, 1.807) is 11.0 Å². The molecular formula is C22H22F3N3O. The number of nitrogens with zero attached hydrogens (tertiary/aromatic N) is 3. The Labute approximate surface area is 167 Å². The van der Waals surface area contributed by atoms with Gasteiger partial charge in [0.25, 0.3) is 0 Å². The maximum absolute atomic E-state index is 14.3. The van der Waals surface area contributed by atoms with Crippen LogP contribution in [0.5, 0.6) is 0 Å². The molecule has 2 aliphatic carbocycles. The number of carbonyl (C=O) groups is 1. The average molecular weight is 401 g/mol. The molecule has 2 bridgehead atoms. The number of hydrogen-bond donors (Lipinski definition) is 0. The van der Waals surface area contributed by atoms with Crippen LogP contribution in [0.25, 0.3) is 11.3 Å². The first kappa shape index (κ1) is 18.6. The molecule has 0 radical (unpaired) electrons. The van der Waals surface area contributed by atoms with Gasteiger partial charge in [0.05, 0.1) is 28.9 Å². The normalized spacial score (nSPS) is 29.3. The third-order valence-corrected chi connectivity index (χ3v) is 7.38. The van der Waals surface area contributed by atoms with Crippen LogP contribution in [0.3, 0.4) is 0 Å². The van der Waals surface area contributed by atoms with Gasteiger partial charge >= 0.3 is 0 Å². The molecule has 1 amide bonds. The van der Waals surface area contributed by atoms with Gasteiger partial charge in [0, 0.05) is 6.54 Å². The monoisotopic (exact) mass is 401 g/mol. The molecule has 1 saturated heterocycles. The van der Waals surface area contributed by atoms with Crippen LogP contribution < -0.4 is 0 Å². The number of aromatic nitrogens is 2. The third kappa shape index (κ3) is 2.30. The molecule has 4 nitrogen and oxygen atoms in total. The Hall–Kier alpha value is -2.44. The molecule has 0 spiro atoms. The standard InChI is InChI=1S/C22H22F3N3O/c1-21(2)14-6-8-22(21,20(29)28-9-7-12(23)11-28)19-13(14)10-17(26-27-19)18-15(24)4-3-5-16(18)25/h3-5,10,12,14H,6-9,11H2,1-2H3/t12-,14-,22+/m0/s1. The fourth-order valence-corrected chi connectivity index (χ4v) is 5.83. The van der Waals surface area contributed by atoms with E-state index >= 15 is 0 Å². The zero-order valence-corrected chi connectivity index (χ0v) is 16.4. The first-order chi connectivity index (χ1) is 13.8. The number of carbonyl (C=O) groups excluding carboxylic acids is 1. The van der Waals surface area contributed by atoms with Crippen LogP contribution in [0.1, 0.15) is 50.3 Å². The minimum absolute atomic E-state index is 0.0364. The van der Waals surface area contributed by atoms with Gasteiger partial charge in [-0.25, -0.2) is 13.2 Å². The molecule has 5 rings (SSSR count). The van der Waals surface area contributed by atoms with Crippen LogP contribution in [0.15, 0.2) is 24.3 Å². The van der Waals surface area contributed by atoms with E-state index in [2.05, 4.69) is 10.2 Å². The lowest BCUT2D eigenvalue weighted by molar-refractivity contribution is -0.140. The molecule has 3 aliphatic rings. The second-order valence-corrected chi connectivity index (χ2v) is 8.99. The number of halogens is 3. The van der Waals surface area contributed by atoms with E-state index in [1.165, 1.54) is 18.2 Å². The molecule has 1 aromatic heterocycles. The van der Waals surface area contributed by atoms with Crippen molar-refractivity contribution in [2.75, 3.05) is 13.1 Å². The first-order valence-electron chi connectivity index (χ1n) is 10.0. The lowest BCUT2D eigenvalue weighted by atomic mass is 9.67. The average Bonchev–Trinajstić information content (AvgIpc) is 3.28. The number of fused-ring (bicyclic) bond motifs is 5. The molecule has 152 valence electrons. The summed E-state index contributed by atoms with van der Waals surface area (Å²) in [5, 5.41) is 8.48. The minimum Gasteiger partial charge on any atom is -0.339 e. The van der Waals surface area contributed by atoms with Gasteiger partial charge in [0.15, 0.2) is 0 Å². The highest BCUT2D eigenvalue weighted by Gasteiger charge is 2.68. The van der Waals surface area contributed by atoms with Gasteiger partial charge < -0.3 is 4.90 Å². The van der Waals surface area contributed by atoms with Crippen molar-refractivity contribution in [2.24, 2.45) is 5.41 Å². The summed E-state index contributed by atoms with van der Waals surface area (Å²) in [5.41, 5.74) is 0.0572. The van der Waals surface area contributed by atoms with Gasteiger partial charge in [-0.05, 0) is 54.4 Å². The predicted octanol–water partition coefficient (Wildman–Crippen LogP) is 4.15. The lowest BCUT2D eigenvalue weighted by Crippen LogP contribution is -2.51. The molecule has 7 heteroatoms. The summed E-state index contributed by atoms with van der Waals surface area (Å²) in [6.45, 7) is 4.60. The minimum atomic E-state index is -0.992. The maximum Gasteiger partial charge on any atom is 0.235 e. The van der Waals surface area contributed by atoms with E-state index in [9.17, 15) is 18.0 Å². The van der Waals surface area contributed by atoms with Gasteiger partial charge in [0.2, 0.25) is 5.91 Å². The first-order valence-corrected chi connectivity index (χ1v) is 10.0. The van der Waals surface area contributed by atoms with Crippen LogP contribution in [0.2, 0.25) is 0 Å². The van der Waals surface area contributed by atoms with Crippen LogP contribution in [-0.2, 0) is 10.2 Å². The molecule has 2 aromatic rings. The van der Waals surface area contributed by atoms with Gasteiger partial charge in [-0.1, -0.05) is 19.9 Å². The van der Waals surface area contributed by atoms with Crippen molar-refractivity contribution < 1.29 is 18.0 Å². The molecular weight excluding hydrogens is 379 g/mol. The van der Waals surface area contributed by atoms with Gasteiger partial charge in [-0.3, -0.25) is 4.79 Å². The summed E-state index contributed by atoms with van der Waals surface area (Å²) in [4.78, 5) is 15.2. The molecule has 3 atom stereocenters. The zero-order chi connectivity index (χ0) is 20.6. The largest absolute Gasteiger partial charge is 0.339 e. The van der Waals surface area contributed by atoms with E-state index in [1.807, 2.05) is 13.8 Å². The highest BCUT2D eigenvalue weighted by atomic mass is 19.1. The van der Waals surface area contributed by atoms with Crippen molar-refractivity contribution in [1.82, 2.24) is 15.1 Å². The van der Waals surface area contributed by atoms with E-state index in [-0.39, 0.29) is 29.6 Å². The highest BCUT2D eigenvalue weighted by Crippen LogP contribution is 2.68. The third-order valence-electron chi connectivity index (χ3n) is 7.38. The molecule has 2 heterocycles. The van der Waals surface area contributed by atoms with Crippen LogP contribution in [-0.4, -0.2) is 40.3 Å². The Morgan fingerprint density at radius 1 is 1.17 bits per heavy atom. The Bertz CT molecular complexity index is 1000. The second-order valence-electron chi connectivity index (χ2n) is 8.99. The number of benzene rings is 1. The second kappa shape index (κ2) is 6.03. The summed E-state index contributed by atoms with van der Waals surface area (Å²) in [6.07, 6.45) is 0.777. The van der Waals surface area contributed by atoms with Crippen molar-refractivity contribution in [3.63, 3.8) is 0 Å². The summed E-state index contributed by atoms with van der Waals surface area (Å²) >= 11 is 0. The quantitative estimate of drug-likeness (QED) is 0.760. The van der Waals surface area contributed by atoms with Crippen LogP contribution in [0, 0.1) is 17.0 Å². The fraction of sp³-hybridized carbons (Fsp3) is 0.500. The molecule has 1 saturated carbocycles. The van der Waals surface area contributed by atoms with Crippen molar-refractivity contribution in [1.29, 1.82) is 0 Å². The molecule has 0 unspecified atom stereocenters. The van der Waals surface area contributed by atoms with Crippen molar-refractivity contribution in [3.8, 4) is 11.3 Å². The highest BCUT2D eigenvalue weighted by molar-refractivity contribution is 5.92. The Morgan fingerprint density at radius 3 is 2.55 bits per heavy atom. The number of hydrogen-bond acceptors (Lipinski definition) is 3. The van der Waals surface area contributed by atoms with Crippen molar-refractivity contribution >= 4 is 5.91 Å². The fourth-order valence-electron chi connectivity index (χ4n) is 5.83. The SMILES string of the molecule is CC1(C)[C@H]2CC[C@]1(C(=O)N1CC[C@H](F)C1)c1nnc(-c3c(F)cccc3F)cc12. The molecule has 29 heavy (non-hydrogen) atoms. The number of likely N-dealkylation sites (tertiary alicyclic amines) is 1. The van der Waals surface area contributed by atoms with Gasteiger partial charge in [-0.2, -0.15) is 5.10 Å². The predicted molar refractivity (Wildman–Crippen MR) is 101 cm³/mol. The maximum atomic E-state index is 14.3.